The Labute approximate surface area is 109 Å². The fraction of sp³-hybridized carbons (Fsp3) is 0.846. The minimum atomic E-state index is 0.324. The monoisotopic (exact) mass is 288 g/mol. The van der Waals surface area contributed by atoms with Gasteiger partial charge in [-0.3, -0.25) is 4.90 Å². The molecule has 0 spiro atoms. The molecule has 3 heteroatoms. The molecular weight excluding hydrogens is 264 g/mol. The highest BCUT2D eigenvalue weighted by molar-refractivity contribution is 9.11. The summed E-state index contributed by atoms with van der Waals surface area (Å²) in [7, 11) is 0. The van der Waals surface area contributed by atoms with Crippen LogP contribution in [0.2, 0.25) is 0 Å². The van der Waals surface area contributed by atoms with Gasteiger partial charge in [0.05, 0.1) is 0 Å². The van der Waals surface area contributed by atoms with Gasteiger partial charge in [-0.2, -0.15) is 0 Å². The molecule has 0 radical (unpaired) electrons. The predicted molar refractivity (Wildman–Crippen MR) is 75.0 cm³/mol. The van der Waals surface area contributed by atoms with E-state index < -0.39 is 0 Å². The minimum absolute atomic E-state index is 0.324. The minimum Gasteiger partial charge on any atom is -0.311 e. The standard InChI is InChI=1S/C13H25BrN2/c1-6-11-7-15-12(13(3,4)5)9-16(11)8-10(2)14/h11-12,15H,2,6-9H2,1,3-5H3. The number of nitrogens with one attached hydrogen (secondary N) is 1. The number of nitrogens with zero attached hydrogens (tertiary/aromatic N) is 1. The Bertz CT molecular complexity index is 245. The Kier molecular flexibility index (Phi) is 5.02. The van der Waals surface area contributed by atoms with Crippen molar-refractivity contribution in [3.8, 4) is 0 Å². The lowest BCUT2D eigenvalue weighted by atomic mass is 9.84. The molecule has 2 unspecified atom stereocenters. The second kappa shape index (κ2) is 5.65. The quantitative estimate of drug-likeness (QED) is 0.859. The Balaban J connectivity index is 2.65. The Morgan fingerprint density at radius 3 is 2.56 bits per heavy atom. The Morgan fingerprint density at radius 1 is 1.50 bits per heavy atom. The number of hydrogen-bond acceptors (Lipinski definition) is 2. The molecule has 0 aliphatic carbocycles. The summed E-state index contributed by atoms with van der Waals surface area (Å²) in [6.07, 6.45) is 1.20. The first-order valence-corrected chi connectivity index (χ1v) is 6.94. The zero-order valence-corrected chi connectivity index (χ0v) is 12.6. The largest absolute Gasteiger partial charge is 0.311 e. The maximum atomic E-state index is 3.96. The van der Waals surface area contributed by atoms with Crippen LogP contribution in [0.4, 0.5) is 0 Å². The number of piperazine rings is 1. The molecule has 0 aromatic rings. The smallest absolute Gasteiger partial charge is 0.0298 e. The lowest BCUT2D eigenvalue weighted by Gasteiger charge is -2.44. The van der Waals surface area contributed by atoms with Crippen molar-refractivity contribution in [2.24, 2.45) is 5.41 Å². The van der Waals surface area contributed by atoms with Crippen molar-refractivity contribution in [2.45, 2.75) is 46.2 Å². The lowest BCUT2D eigenvalue weighted by molar-refractivity contribution is 0.0933. The van der Waals surface area contributed by atoms with Gasteiger partial charge in [-0.15, -0.1) is 0 Å². The summed E-state index contributed by atoms with van der Waals surface area (Å²) in [6, 6.07) is 1.22. The van der Waals surface area contributed by atoms with Crippen LogP contribution in [0.15, 0.2) is 11.1 Å². The average molecular weight is 289 g/mol. The van der Waals surface area contributed by atoms with Crippen LogP contribution < -0.4 is 5.32 Å². The molecule has 1 heterocycles. The first-order valence-electron chi connectivity index (χ1n) is 6.15. The summed E-state index contributed by atoms with van der Waals surface area (Å²) in [4.78, 5) is 2.55. The predicted octanol–water partition coefficient (Wildman–Crippen LogP) is 2.99. The van der Waals surface area contributed by atoms with E-state index in [1.54, 1.807) is 0 Å². The molecule has 2 nitrogen and oxygen atoms in total. The molecule has 0 bridgehead atoms. The van der Waals surface area contributed by atoms with Gasteiger partial charge >= 0.3 is 0 Å². The highest BCUT2D eigenvalue weighted by atomic mass is 79.9. The molecule has 2 atom stereocenters. The van der Waals surface area contributed by atoms with Gasteiger partial charge in [0.25, 0.3) is 0 Å². The topological polar surface area (TPSA) is 15.3 Å². The van der Waals surface area contributed by atoms with Crippen molar-refractivity contribution in [1.82, 2.24) is 10.2 Å². The number of hydrogen-bond donors (Lipinski definition) is 1. The molecule has 1 aliphatic rings. The highest BCUT2D eigenvalue weighted by Gasteiger charge is 2.33. The molecule has 0 saturated carbocycles. The van der Waals surface area contributed by atoms with Crippen LogP contribution >= 0.6 is 15.9 Å². The molecule has 94 valence electrons. The van der Waals surface area contributed by atoms with Gasteiger partial charge in [0.15, 0.2) is 0 Å². The van der Waals surface area contributed by atoms with Crippen LogP contribution in [-0.4, -0.2) is 36.6 Å². The zero-order chi connectivity index (χ0) is 12.3. The van der Waals surface area contributed by atoms with Crippen molar-refractivity contribution in [3.05, 3.63) is 11.1 Å². The lowest BCUT2D eigenvalue weighted by Crippen LogP contribution is -2.60. The Hall–Kier alpha value is 0.140. The van der Waals surface area contributed by atoms with E-state index in [1.807, 2.05) is 0 Å². The molecule has 0 aromatic heterocycles. The molecule has 1 fully saturated rings. The van der Waals surface area contributed by atoms with E-state index in [4.69, 9.17) is 0 Å². The van der Waals surface area contributed by atoms with Crippen LogP contribution in [0.1, 0.15) is 34.1 Å². The van der Waals surface area contributed by atoms with E-state index >= 15 is 0 Å². The van der Waals surface area contributed by atoms with E-state index in [2.05, 4.69) is 60.4 Å². The fourth-order valence-corrected chi connectivity index (χ4v) is 2.57. The fourth-order valence-electron chi connectivity index (χ4n) is 2.25. The summed E-state index contributed by atoms with van der Waals surface area (Å²) >= 11 is 3.48. The summed E-state index contributed by atoms with van der Waals surface area (Å²) in [5.74, 6) is 0. The van der Waals surface area contributed by atoms with E-state index in [1.165, 1.54) is 6.42 Å². The van der Waals surface area contributed by atoms with Crippen molar-refractivity contribution < 1.29 is 0 Å². The van der Waals surface area contributed by atoms with E-state index in [9.17, 15) is 0 Å². The second-order valence-electron chi connectivity index (χ2n) is 5.84. The van der Waals surface area contributed by atoms with E-state index in [0.717, 1.165) is 24.1 Å². The van der Waals surface area contributed by atoms with Gasteiger partial charge in [-0.1, -0.05) is 50.2 Å². The summed E-state index contributed by atoms with van der Waals surface area (Å²) in [5, 5.41) is 3.68. The normalized spacial score (nSPS) is 28.1. The van der Waals surface area contributed by atoms with E-state index in [0.29, 0.717) is 17.5 Å². The highest BCUT2D eigenvalue weighted by Crippen LogP contribution is 2.25. The molecular formula is C13H25BrN2. The average Bonchev–Trinajstić information content (AvgIpc) is 2.15. The number of halogens is 1. The van der Waals surface area contributed by atoms with Crippen molar-refractivity contribution >= 4 is 15.9 Å². The molecule has 1 rings (SSSR count). The maximum absolute atomic E-state index is 3.96. The molecule has 1 aliphatic heterocycles. The van der Waals surface area contributed by atoms with Crippen molar-refractivity contribution in [1.29, 1.82) is 0 Å². The third-order valence-corrected chi connectivity index (χ3v) is 3.68. The van der Waals surface area contributed by atoms with Gasteiger partial charge in [0.2, 0.25) is 0 Å². The third-order valence-electron chi connectivity index (χ3n) is 3.42. The van der Waals surface area contributed by atoms with Gasteiger partial charge in [0, 0.05) is 36.2 Å². The zero-order valence-electron chi connectivity index (χ0n) is 11.0. The van der Waals surface area contributed by atoms with Crippen molar-refractivity contribution in [3.63, 3.8) is 0 Å². The van der Waals surface area contributed by atoms with E-state index in [-0.39, 0.29) is 0 Å². The van der Waals surface area contributed by atoms with Crippen LogP contribution in [0, 0.1) is 5.41 Å². The molecule has 1 N–H and O–H groups in total. The van der Waals surface area contributed by atoms with Gasteiger partial charge < -0.3 is 5.32 Å². The second-order valence-corrected chi connectivity index (χ2v) is 6.96. The summed E-state index contributed by atoms with van der Waals surface area (Å²) in [5.41, 5.74) is 0.324. The Morgan fingerprint density at radius 2 is 2.12 bits per heavy atom. The van der Waals surface area contributed by atoms with Crippen LogP contribution in [0.5, 0.6) is 0 Å². The summed E-state index contributed by atoms with van der Waals surface area (Å²) in [6.45, 7) is 16.3. The molecule has 16 heavy (non-hydrogen) atoms. The van der Waals surface area contributed by atoms with Gasteiger partial charge in [-0.25, -0.2) is 0 Å². The molecule has 0 amide bonds. The first-order chi connectivity index (χ1) is 7.34. The van der Waals surface area contributed by atoms with Gasteiger partial charge in [-0.05, 0) is 11.8 Å². The van der Waals surface area contributed by atoms with Crippen LogP contribution in [0.3, 0.4) is 0 Å². The van der Waals surface area contributed by atoms with Crippen LogP contribution in [-0.2, 0) is 0 Å². The first kappa shape index (κ1) is 14.2. The third kappa shape index (κ3) is 3.86. The maximum Gasteiger partial charge on any atom is 0.0298 e. The molecule has 0 aromatic carbocycles. The van der Waals surface area contributed by atoms with Crippen molar-refractivity contribution in [2.75, 3.05) is 19.6 Å². The SMILES string of the molecule is C=C(Br)CN1CC(C(C)(C)C)NCC1CC. The number of rotatable bonds is 3. The van der Waals surface area contributed by atoms with Crippen LogP contribution in [0.25, 0.3) is 0 Å². The van der Waals surface area contributed by atoms with Gasteiger partial charge in [0.1, 0.15) is 0 Å². The summed E-state index contributed by atoms with van der Waals surface area (Å²) < 4.78 is 1.08. The molecule has 1 saturated heterocycles.